The van der Waals surface area contributed by atoms with Gasteiger partial charge in [0.15, 0.2) is 5.69 Å². The second kappa shape index (κ2) is 3.86. The van der Waals surface area contributed by atoms with Crippen molar-refractivity contribution in [3.63, 3.8) is 0 Å². The third-order valence-electron chi connectivity index (χ3n) is 3.00. The van der Waals surface area contributed by atoms with Gasteiger partial charge in [-0.1, -0.05) is 0 Å². The molecule has 1 aromatic carbocycles. The largest absolute Gasteiger partial charge is 0.251 e. The highest BCUT2D eigenvalue weighted by Gasteiger charge is 2.14. The topological polar surface area (TPSA) is 101 Å². The van der Waals surface area contributed by atoms with Crippen LogP contribution in [0.2, 0.25) is 0 Å². The van der Waals surface area contributed by atoms with E-state index in [0.29, 0.717) is 33.0 Å². The summed E-state index contributed by atoms with van der Waals surface area (Å²) in [7, 11) is 0. The molecular formula is C13H5N7. The number of nitrogens with zero attached hydrogens (tertiary/aromatic N) is 7. The number of benzene rings is 1. The Kier molecular flexibility index (Phi) is 2.05. The van der Waals surface area contributed by atoms with Crippen molar-refractivity contribution in [3.8, 4) is 6.07 Å². The molecule has 20 heavy (non-hydrogen) atoms. The Hall–Kier alpha value is -3.27. The summed E-state index contributed by atoms with van der Waals surface area (Å²) in [6.07, 6.45) is 7.71. The number of fused-ring (bicyclic) bond motifs is 6. The van der Waals surface area contributed by atoms with Crippen LogP contribution in [0.3, 0.4) is 0 Å². The minimum absolute atomic E-state index is 0.242. The Morgan fingerprint density at radius 1 is 0.800 bits per heavy atom. The fraction of sp³-hybridized carbons (Fsp3) is 0. The lowest BCUT2D eigenvalue weighted by atomic mass is 10.1. The van der Waals surface area contributed by atoms with E-state index < -0.39 is 0 Å². The van der Waals surface area contributed by atoms with Gasteiger partial charge in [-0.15, -0.1) is 0 Å². The molecule has 4 aromatic rings. The second-order valence-corrected chi connectivity index (χ2v) is 4.10. The monoisotopic (exact) mass is 259 g/mol. The summed E-state index contributed by atoms with van der Waals surface area (Å²) in [5.41, 5.74) is 3.31. The summed E-state index contributed by atoms with van der Waals surface area (Å²) < 4.78 is 0. The van der Waals surface area contributed by atoms with Crippen LogP contribution in [0, 0.1) is 11.3 Å². The molecule has 3 aromatic heterocycles. The first kappa shape index (κ1) is 10.6. The molecule has 7 heteroatoms. The van der Waals surface area contributed by atoms with Crippen LogP contribution in [0.1, 0.15) is 5.69 Å². The lowest BCUT2D eigenvalue weighted by Crippen LogP contribution is -1.96. The number of hydrogen-bond donors (Lipinski definition) is 0. The van der Waals surface area contributed by atoms with Crippen LogP contribution >= 0.6 is 0 Å². The SMILES string of the molecule is N#Cc1cnc2c(n1)c1cncnc1c1nccnc12. The first-order chi connectivity index (χ1) is 9.88. The van der Waals surface area contributed by atoms with Crippen molar-refractivity contribution in [2.24, 2.45) is 0 Å². The van der Waals surface area contributed by atoms with Gasteiger partial charge in [0, 0.05) is 24.0 Å². The van der Waals surface area contributed by atoms with Crippen LogP contribution in [-0.2, 0) is 0 Å². The van der Waals surface area contributed by atoms with Gasteiger partial charge in [0.1, 0.15) is 40.0 Å². The van der Waals surface area contributed by atoms with Crippen LogP contribution in [0.25, 0.3) is 33.0 Å². The van der Waals surface area contributed by atoms with Crippen LogP contribution < -0.4 is 0 Å². The molecule has 92 valence electrons. The van der Waals surface area contributed by atoms with Gasteiger partial charge in [-0.2, -0.15) is 5.26 Å². The van der Waals surface area contributed by atoms with Crippen LogP contribution in [-0.4, -0.2) is 29.9 Å². The smallest absolute Gasteiger partial charge is 0.159 e. The molecular weight excluding hydrogens is 254 g/mol. The molecule has 0 aliphatic rings. The summed E-state index contributed by atoms with van der Waals surface area (Å²) in [5.74, 6) is 0. The highest BCUT2D eigenvalue weighted by Crippen LogP contribution is 2.28. The quantitative estimate of drug-likeness (QED) is 0.439. The summed E-state index contributed by atoms with van der Waals surface area (Å²) >= 11 is 0. The van der Waals surface area contributed by atoms with Gasteiger partial charge in [0.2, 0.25) is 0 Å². The molecule has 0 fully saturated rings. The fourth-order valence-electron chi connectivity index (χ4n) is 2.18. The Bertz CT molecular complexity index is 984. The van der Waals surface area contributed by atoms with E-state index >= 15 is 0 Å². The Morgan fingerprint density at radius 2 is 1.55 bits per heavy atom. The first-order valence-corrected chi connectivity index (χ1v) is 5.78. The predicted octanol–water partition coefficient (Wildman–Crippen LogP) is 1.39. The van der Waals surface area contributed by atoms with Crippen LogP contribution in [0.4, 0.5) is 0 Å². The molecule has 0 spiro atoms. The average molecular weight is 259 g/mol. The lowest BCUT2D eigenvalue weighted by Gasteiger charge is -2.05. The van der Waals surface area contributed by atoms with Crippen molar-refractivity contribution in [1.29, 1.82) is 5.26 Å². The standard InChI is InChI=1S/C13H5N7/c14-3-7-4-18-12-10(20-7)8-5-15-6-19-9(8)11-13(12)17-2-1-16-11/h1-2,4-6H. The highest BCUT2D eigenvalue weighted by molar-refractivity contribution is 6.18. The van der Waals surface area contributed by atoms with E-state index in [0.717, 1.165) is 0 Å². The molecule has 7 nitrogen and oxygen atoms in total. The van der Waals surface area contributed by atoms with E-state index in [2.05, 4.69) is 29.9 Å². The molecule has 0 N–H and O–H groups in total. The van der Waals surface area contributed by atoms with Gasteiger partial charge in [0.05, 0.1) is 6.20 Å². The first-order valence-electron chi connectivity index (χ1n) is 5.78. The molecule has 0 saturated carbocycles. The normalized spacial score (nSPS) is 10.9. The molecule has 0 aliphatic heterocycles. The number of rotatable bonds is 0. The summed E-state index contributed by atoms with van der Waals surface area (Å²) in [6.45, 7) is 0. The van der Waals surface area contributed by atoms with Crippen molar-refractivity contribution >= 4 is 33.0 Å². The maximum absolute atomic E-state index is 8.97. The maximum Gasteiger partial charge on any atom is 0.159 e. The Labute approximate surface area is 112 Å². The number of aromatic nitrogens is 6. The minimum Gasteiger partial charge on any atom is -0.251 e. The molecule has 0 saturated heterocycles. The van der Waals surface area contributed by atoms with Crippen molar-refractivity contribution in [2.45, 2.75) is 0 Å². The Morgan fingerprint density at radius 3 is 2.35 bits per heavy atom. The van der Waals surface area contributed by atoms with E-state index in [1.54, 1.807) is 18.6 Å². The zero-order valence-electron chi connectivity index (χ0n) is 10.0. The third kappa shape index (κ3) is 1.33. The Balaban J connectivity index is 2.39. The maximum atomic E-state index is 8.97. The third-order valence-corrected chi connectivity index (χ3v) is 3.00. The van der Waals surface area contributed by atoms with Crippen molar-refractivity contribution in [3.05, 3.63) is 36.8 Å². The molecule has 0 amide bonds. The minimum atomic E-state index is 0.242. The van der Waals surface area contributed by atoms with Gasteiger partial charge in [-0.3, -0.25) is 9.97 Å². The zero-order valence-corrected chi connectivity index (χ0v) is 10.0. The summed E-state index contributed by atoms with van der Waals surface area (Å²) in [4.78, 5) is 25.5. The van der Waals surface area contributed by atoms with Crippen molar-refractivity contribution < 1.29 is 0 Å². The molecule has 0 atom stereocenters. The van der Waals surface area contributed by atoms with E-state index in [4.69, 9.17) is 5.26 Å². The van der Waals surface area contributed by atoms with Gasteiger partial charge < -0.3 is 0 Å². The predicted molar refractivity (Wildman–Crippen MR) is 70.4 cm³/mol. The van der Waals surface area contributed by atoms with Crippen molar-refractivity contribution in [1.82, 2.24) is 29.9 Å². The van der Waals surface area contributed by atoms with Crippen LogP contribution in [0.5, 0.6) is 0 Å². The van der Waals surface area contributed by atoms with Gasteiger partial charge >= 0.3 is 0 Å². The summed E-state index contributed by atoms with van der Waals surface area (Å²) in [6, 6.07) is 1.98. The molecule has 4 rings (SSSR count). The number of nitriles is 1. The van der Waals surface area contributed by atoms with E-state index in [9.17, 15) is 0 Å². The average Bonchev–Trinajstić information content (AvgIpc) is 2.54. The van der Waals surface area contributed by atoms with Gasteiger partial charge in [-0.25, -0.2) is 19.9 Å². The van der Waals surface area contributed by atoms with E-state index in [-0.39, 0.29) is 5.69 Å². The number of hydrogen-bond acceptors (Lipinski definition) is 7. The van der Waals surface area contributed by atoms with Crippen LogP contribution in [0.15, 0.2) is 31.1 Å². The zero-order chi connectivity index (χ0) is 13.5. The van der Waals surface area contributed by atoms with Gasteiger partial charge in [-0.05, 0) is 0 Å². The van der Waals surface area contributed by atoms with Gasteiger partial charge in [0.25, 0.3) is 0 Å². The second-order valence-electron chi connectivity index (χ2n) is 4.10. The lowest BCUT2D eigenvalue weighted by molar-refractivity contribution is 1.20. The van der Waals surface area contributed by atoms with Crippen molar-refractivity contribution in [2.75, 3.05) is 0 Å². The van der Waals surface area contributed by atoms with E-state index in [1.165, 1.54) is 12.5 Å². The molecule has 0 unspecified atom stereocenters. The molecule has 0 bridgehead atoms. The fourth-order valence-corrected chi connectivity index (χ4v) is 2.18. The molecule has 3 heterocycles. The molecule has 0 aliphatic carbocycles. The molecule has 0 radical (unpaired) electrons. The van der Waals surface area contributed by atoms with E-state index in [1.807, 2.05) is 6.07 Å². The summed E-state index contributed by atoms with van der Waals surface area (Å²) in [5, 5.41) is 9.68. The highest BCUT2D eigenvalue weighted by atomic mass is 14.9.